The van der Waals surface area contributed by atoms with E-state index in [9.17, 15) is 4.79 Å². The Morgan fingerprint density at radius 3 is 2.53 bits per heavy atom. The number of amides is 1. The van der Waals surface area contributed by atoms with E-state index in [0.717, 1.165) is 24.1 Å². The van der Waals surface area contributed by atoms with Crippen molar-refractivity contribution in [2.75, 3.05) is 5.32 Å². The normalized spacial score (nSPS) is 11.1. The number of carbonyl (C=O) groups is 1. The average Bonchev–Trinajstić information content (AvgIpc) is 2.18. The van der Waals surface area contributed by atoms with Gasteiger partial charge in [-0.15, -0.1) is 0 Å². The van der Waals surface area contributed by atoms with Gasteiger partial charge in [0.25, 0.3) is 0 Å². The fourth-order valence-electron chi connectivity index (χ4n) is 1.54. The van der Waals surface area contributed by atoms with E-state index in [1.807, 2.05) is 45.0 Å². The van der Waals surface area contributed by atoms with Crippen molar-refractivity contribution in [2.45, 2.75) is 46.1 Å². The molecule has 1 rings (SSSR count). The molecule has 0 aromatic heterocycles. The number of anilines is 1. The SMILES string of the molecule is CCCc1ccccc1NC(=O)OC(C)(C)C. The second-order valence-electron chi connectivity index (χ2n) is 5.03. The van der Waals surface area contributed by atoms with Gasteiger partial charge in [0.15, 0.2) is 0 Å². The fraction of sp³-hybridized carbons (Fsp3) is 0.500. The Hall–Kier alpha value is -1.51. The minimum absolute atomic E-state index is 0.402. The van der Waals surface area contributed by atoms with Crippen molar-refractivity contribution in [2.24, 2.45) is 0 Å². The van der Waals surface area contributed by atoms with E-state index < -0.39 is 11.7 Å². The summed E-state index contributed by atoms with van der Waals surface area (Å²) in [5.74, 6) is 0. The van der Waals surface area contributed by atoms with Gasteiger partial charge in [-0.2, -0.15) is 0 Å². The summed E-state index contributed by atoms with van der Waals surface area (Å²) in [5.41, 5.74) is 1.51. The number of ether oxygens (including phenoxy) is 1. The quantitative estimate of drug-likeness (QED) is 0.860. The van der Waals surface area contributed by atoms with Crippen LogP contribution in [0.2, 0.25) is 0 Å². The minimum atomic E-state index is -0.468. The molecule has 0 aliphatic carbocycles. The lowest BCUT2D eigenvalue weighted by atomic mass is 10.1. The number of carbonyl (C=O) groups excluding carboxylic acids is 1. The third-order valence-electron chi connectivity index (χ3n) is 2.17. The Labute approximate surface area is 103 Å². The van der Waals surface area contributed by atoms with Crippen LogP contribution in [0, 0.1) is 0 Å². The maximum absolute atomic E-state index is 11.7. The van der Waals surface area contributed by atoms with Gasteiger partial charge in [-0.1, -0.05) is 31.5 Å². The first-order chi connectivity index (χ1) is 7.92. The van der Waals surface area contributed by atoms with Crippen LogP contribution in [0.15, 0.2) is 24.3 Å². The maximum Gasteiger partial charge on any atom is 0.412 e. The molecular weight excluding hydrogens is 214 g/mol. The second kappa shape index (κ2) is 5.71. The molecule has 0 aliphatic heterocycles. The lowest BCUT2D eigenvalue weighted by Gasteiger charge is -2.20. The van der Waals surface area contributed by atoms with Gasteiger partial charge >= 0.3 is 6.09 Å². The molecule has 0 saturated carbocycles. The first-order valence-electron chi connectivity index (χ1n) is 6.00. The minimum Gasteiger partial charge on any atom is -0.444 e. The van der Waals surface area contributed by atoms with Crippen LogP contribution in [-0.2, 0) is 11.2 Å². The van der Waals surface area contributed by atoms with Crippen LogP contribution in [0.25, 0.3) is 0 Å². The molecule has 0 unspecified atom stereocenters. The van der Waals surface area contributed by atoms with E-state index in [-0.39, 0.29) is 0 Å². The molecule has 0 atom stereocenters. The zero-order valence-electron chi connectivity index (χ0n) is 11.0. The summed E-state index contributed by atoms with van der Waals surface area (Å²) < 4.78 is 5.22. The number of hydrogen-bond donors (Lipinski definition) is 1. The molecule has 0 saturated heterocycles. The molecule has 17 heavy (non-hydrogen) atoms. The third-order valence-corrected chi connectivity index (χ3v) is 2.17. The van der Waals surface area contributed by atoms with Crippen molar-refractivity contribution >= 4 is 11.8 Å². The van der Waals surface area contributed by atoms with Crippen molar-refractivity contribution in [3.05, 3.63) is 29.8 Å². The van der Waals surface area contributed by atoms with Crippen LogP contribution in [0.5, 0.6) is 0 Å². The summed E-state index contributed by atoms with van der Waals surface area (Å²) in [6, 6.07) is 7.81. The van der Waals surface area contributed by atoms with E-state index in [1.54, 1.807) is 0 Å². The maximum atomic E-state index is 11.7. The molecule has 0 aliphatic rings. The van der Waals surface area contributed by atoms with Crippen LogP contribution in [-0.4, -0.2) is 11.7 Å². The van der Waals surface area contributed by atoms with Gasteiger partial charge in [0, 0.05) is 5.69 Å². The summed E-state index contributed by atoms with van der Waals surface area (Å²) in [4.78, 5) is 11.7. The standard InChI is InChI=1S/C14H21NO2/c1-5-8-11-9-6-7-10-12(11)15-13(16)17-14(2,3)4/h6-7,9-10H,5,8H2,1-4H3,(H,15,16). The van der Waals surface area contributed by atoms with Gasteiger partial charge in [0.05, 0.1) is 0 Å². The Balaban J connectivity index is 2.71. The van der Waals surface area contributed by atoms with Gasteiger partial charge in [0.1, 0.15) is 5.60 Å². The molecule has 3 heteroatoms. The van der Waals surface area contributed by atoms with Crippen molar-refractivity contribution in [1.29, 1.82) is 0 Å². The number of para-hydroxylation sites is 1. The molecule has 0 fully saturated rings. The second-order valence-corrected chi connectivity index (χ2v) is 5.03. The first kappa shape index (κ1) is 13.6. The number of hydrogen-bond acceptors (Lipinski definition) is 2. The van der Waals surface area contributed by atoms with Crippen LogP contribution in [0.4, 0.5) is 10.5 Å². The number of aryl methyl sites for hydroxylation is 1. The molecule has 0 spiro atoms. The zero-order chi connectivity index (χ0) is 12.9. The number of nitrogens with one attached hydrogen (secondary N) is 1. The van der Waals surface area contributed by atoms with Crippen LogP contribution in [0.1, 0.15) is 39.7 Å². The van der Waals surface area contributed by atoms with Gasteiger partial charge in [-0.3, -0.25) is 5.32 Å². The predicted octanol–water partition coefficient (Wildman–Crippen LogP) is 3.99. The van der Waals surface area contributed by atoms with Crippen molar-refractivity contribution in [3.8, 4) is 0 Å². The summed E-state index contributed by atoms with van der Waals surface area (Å²) >= 11 is 0. The largest absolute Gasteiger partial charge is 0.444 e. The molecule has 1 aromatic rings. The summed E-state index contributed by atoms with van der Waals surface area (Å²) in [6.45, 7) is 7.67. The van der Waals surface area contributed by atoms with E-state index >= 15 is 0 Å². The van der Waals surface area contributed by atoms with E-state index in [2.05, 4.69) is 12.2 Å². The first-order valence-corrected chi connectivity index (χ1v) is 6.00. The molecule has 1 aromatic carbocycles. The van der Waals surface area contributed by atoms with Crippen LogP contribution < -0.4 is 5.32 Å². The lowest BCUT2D eigenvalue weighted by Crippen LogP contribution is -2.27. The molecule has 0 heterocycles. The van der Waals surface area contributed by atoms with E-state index in [4.69, 9.17) is 4.74 Å². The monoisotopic (exact) mass is 235 g/mol. The molecule has 0 radical (unpaired) electrons. The fourth-order valence-corrected chi connectivity index (χ4v) is 1.54. The van der Waals surface area contributed by atoms with Gasteiger partial charge in [-0.05, 0) is 38.8 Å². The summed E-state index contributed by atoms with van der Waals surface area (Å²) in [7, 11) is 0. The Morgan fingerprint density at radius 1 is 1.29 bits per heavy atom. The highest BCUT2D eigenvalue weighted by Gasteiger charge is 2.16. The Bertz CT molecular complexity index is 380. The summed E-state index contributed by atoms with van der Waals surface area (Å²) in [6.07, 6.45) is 1.60. The van der Waals surface area contributed by atoms with Gasteiger partial charge < -0.3 is 4.74 Å². The van der Waals surface area contributed by atoms with Gasteiger partial charge in [0.2, 0.25) is 0 Å². The van der Waals surface area contributed by atoms with Gasteiger partial charge in [-0.25, -0.2) is 4.79 Å². The van der Waals surface area contributed by atoms with Crippen LogP contribution >= 0.6 is 0 Å². The average molecular weight is 235 g/mol. The molecule has 94 valence electrons. The zero-order valence-corrected chi connectivity index (χ0v) is 11.0. The molecule has 1 N–H and O–H groups in total. The number of rotatable bonds is 3. The van der Waals surface area contributed by atoms with Crippen LogP contribution in [0.3, 0.4) is 0 Å². The highest BCUT2D eigenvalue weighted by Crippen LogP contribution is 2.18. The summed E-state index contributed by atoms with van der Waals surface area (Å²) in [5, 5.41) is 2.79. The van der Waals surface area contributed by atoms with Crippen molar-refractivity contribution in [1.82, 2.24) is 0 Å². The highest BCUT2D eigenvalue weighted by molar-refractivity contribution is 5.85. The van der Waals surface area contributed by atoms with E-state index in [0.29, 0.717) is 0 Å². The number of benzene rings is 1. The Morgan fingerprint density at radius 2 is 1.94 bits per heavy atom. The van der Waals surface area contributed by atoms with E-state index in [1.165, 1.54) is 0 Å². The predicted molar refractivity (Wildman–Crippen MR) is 70.3 cm³/mol. The smallest absolute Gasteiger partial charge is 0.412 e. The van der Waals surface area contributed by atoms with Crippen molar-refractivity contribution in [3.63, 3.8) is 0 Å². The Kier molecular flexibility index (Phi) is 4.55. The topological polar surface area (TPSA) is 38.3 Å². The molecule has 1 amide bonds. The molecule has 3 nitrogen and oxygen atoms in total. The lowest BCUT2D eigenvalue weighted by molar-refractivity contribution is 0.0636. The molecule has 0 bridgehead atoms. The molecular formula is C14H21NO2. The third kappa shape index (κ3) is 4.89. The highest BCUT2D eigenvalue weighted by atomic mass is 16.6. The van der Waals surface area contributed by atoms with Crippen molar-refractivity contribution < 1.29 is 9.53 Å².